The van der Waals surface area contributed by atoms with Gasteiger partial charge in [-0.25, -0.2) is 14.2 Å². The van der Waals surface area contributed by atoms with Crippen molar-refractivity contribution in [2.45, 2.75) is 0 Å². The largest absolute Gasteiger partial charge is 0.478 e. The number of aromatic carboxylic acids is 1. The van der Waals surface area contributed by atoms with Crippen molar-refractivity contribution in [3.8, 4) is 11.3 Å². The molecule has 0 fully saturated rings. The second kappa shape index (κ2) is 7.51. The second-order valence-corrected chi connectivity index (χ2v) is 6.38. The third-order valence-electron chi connectivity index (χ3n) is 3.47. The molecule has 0 saturated carbocycles. The van der Waals surface area contributed by atoms with Crippen LogP contribution in [-0.2, 0) is 0 Å². The van der Waals surface area contributed by atoms with Gasteiger partial charge in [0.1, 0.15) is 5.82 Å². The van der Waals surface area contributed by atoms with Crippen molar-refractivity contribution in [3.63, 3.8) is 0 Å². The number of nitrogens with two attached hydrogens (primary N) is 1. The fourth-order valence-electron chi connectivity index (χ4n) is 2.21. The van der Waals surface area contributed by atoms with Gasteiger partial charge in [0.15, 0.2) is 0 Å². The van der Waals surface area contributed by atoms with Gasteiger partial charge in [-0.2, -0.15) is 5.10 Å². The first kappa shape index (κ1) is 17.8. The normalized spacial score (nSPS) is 11.0. The van der Waals surface area contributed by atoms with E-state index in [9.17, 15) is 9.18 Å². The monoisotopic (exact) mass is 390 g/mol. The smallest absolute Gasteiger partial charge is 0.336 e. The van der Waals surface area contributed by atoms with E-state index in [-0.39, 0.29) is 16.8 Å². The number of rotatable bonds is 5. The van der Waals surface area contributed by atoms with Gasteiger partial charge in [-0.05, 0) is 18.2 Å². The van der Waals surface area contributed by atoms with Crippen molar-refractivity contribution >= 4 is 45.9 Å². The molecule has 0 unspecified atom stereocenters. The Morgan fingerprint density at radius 3 is 2.85 bits per heavy atom. The van der Waals surface area contributed by atoms with Crippen LogP contribution >= 0.6 is 22.9 Å². The lowest BCUT2D eigenvalue weighted by atomic mass is 10.1. The van der Waals surface area contributed by atoms with E-state index in [2.05, 4.69) is 15.5 Å². The maximum Gasteiger partial charge on any atom is 0.336 e. The standard InChI is InChI=1S/C17H12ClFN4O2S/c18-12-4-2-1-3-10(12)14-8-26-17(22-14)23-21-7-11-9(16(24)25)5-6-13(19)15(11)20/h1-8H,20H2,(H,22,23)(H,24,25)/b21-7+. The van der Waals surface area contributed by atoms with Crippen LogP contribution in [0.3, 0.4) is 0 Å². The molecule has 4 N–H and O–H groups in total. The lowest BCUT2D eigenvalue weighted by Crippen LogP contribution is -2.08. The molecule has 0 aliphatic carbocycles. The highest BCUT2D eigenvalue weighted by atomic mass is 35.5. The first-order chi connectivity index (χ1) is 12.5. The number of anilines is 2. The van der Waals surface area contributed by atoms with E-state index in [0.717, 1.165) is 23.9 Å². The summed E-state index contributed by atoms with van der Waals surface area (Å²) in [7, 11) is 0. The number of carboxylic acids is 1. The molecule has 0 amide bonds. The molecule has 1 aromatic heterocycles. The number of nitrogens with zero attached hydrogens (tertiary/aromatic N) is 2. The molecule has 0 saturated heterocycles. The van der Waals surface area contributed by atoms with Crippen LogP contribution in [0.2, 0.25) is 5.02 Å². The number of hydrogen-bond acceptors (Lipinski definition) is 6. The van der Waals surface area contributed by atoms with Crippen LogP contribution in [0.4, 0.5) is 15.2 Å². The Bertz CT molecular complexity index is 1010. The molecule has 3 aromatic rings. The van der Waals surface area contributed by atoms with E-state index in [1.807, 2.05) is 18.2 Å². The van der Waals surface area contributed by atoms with Crippen molar-refractivity contribution in [1.29, 1.82) is 0 Å². The Balaban J connectivity index is 1.82. The number of aromatic nitrogens is 1. The van der Waals surface area contributed by atoms with Crippen LogP contribution in [0.1, 0.15) is 15.9 Å². The molecule has 132 valence electrons. The summed E-state index contributed by atoms with van der Waals surface area (Å²) in [5, 5.41) is 15.9. The van der Waals surface area contributed by atoms with E-state index in [1.54, 1.807) is 11.4 Å². The summed E-state index contributed by atoms with van der Waals surface area (Å²) in [4.78, 5) is 15.6. The maximum absolute atomic E-state index is 13.6. The third-order valence-corrected chi connectivity index (χ3v) is 4.55. The summed E-state index contributed by atoms with van der Waals surface area (Å²) in [6, 6.07) is 9.42. The number of thiazole rings is 1. The van der Waals surface area contributed by atoms with Crippen molar-refractivity contribution in [2.75, 3.05) is 11.2 Å². The van der Waals surface area contributed by atoms with E-state index in [4.69, 9.17) is 22.4 Å². The van der Waals surface area contributed by atoms with Gasteiger partial charge in [0.25, 0.3) is 0 Å². The van der Waals surface area contributed by atoms with E-state index >= 15 is 0 Å². The van der Waals surface area contributed by atoms with E-state index in [0.29, 0.717) is 15.8 Å². The first-order valence-electron chi connectivity index (χ1n) is 7.28. The molecule has 3 rings (SSSR count). The lowest BCUT2D eigenvalue weighted by molar-refractivity contribution is 0.0697. The zero-order valence-corrected chi connectivity index (χ0v) is 14.7. The predicted octanol–water partition coefficient (Wildman–Crippen LogP) is 4.33. The molecular formula is C17H12ClFN4O2S. The van der Waals surface area contributed by atoms with Gasteiger partial charge in [-0.3, -0.25) is 5.43 Å². The molecule has 0 radical (unpaired) electrons. The molecule has 0 spiro atoms. The van der Waals surface area contributed by atoms with Gasteiger partial charge in [0, 0.05) is 21.5 Å². The van der Waals surface area contributed by atoms with E-state index < -0.39 is 11.8 Å². The number of nitrogen functional groups attached to an aromatic ring is 1. The minimum absolute atomic E-state index is 0.0205. The van der Waals surface area contributed by atoms with Crippen LogP contribution in [-0.4, -0.2) is 22.3 Å². The van der Waals surface area contributed by atoms with E-state index in [1.165, 1.54) is 11.3 Å². The van der Waals surface area contributed by atoms with Gasteiger partial charge >= 0.3 is 5.97 Å². The number of carboxylic acid groups (broad SMARTS) is 1. The molecule has 26 heavy (non-hydrogen) atoms. The Kier molecular flexibility index (Phi) is 5.15. The topological polar surface area (TPSA) is 101 Å². The van der Waals surface area contributed by atoms with Crippen molar-refractivity contribution in [2.24, 2.45) is 5.10 Å². The fourth-order valence-corrected chi connectivity index (χ4v) is 3.10. The minimum atomic E-state index is -1.23. The van der Waals surface area contributed by atoms with Gasteiger partial charge < -0.3 is 10.8 Å². The van der Waals surface area contributed by atoms with Crippen molar-refractivity contribution in [1.82, 2.24) is 4.98 Å². The zero-order valence-electron chi connectivity index (χ0n) is 13.1. The molecule has 6 nitrogen and oxygen atoms in total. The highest BCUT2D eigenvalue weighted by Crippen LogP contribution is 2.30. The summed E-state index contributed by atoms with van der Waals surface area (Å²) in [5.41, 5.74) is 9.29. The number of benzene rings is 2. The minimum Gasteiger partial charge on any atom is -0.478 e. The lowest BCUT2D eigenvalue weighted by Gasteiger charge is -2.05. The highest BCUT2D eigenvalue weighted by molar-refractivity contribution is 7.14. The second-order valence-electron chi connectivity index (χ2n) is 5.12. The fraction of sp³-hybridized carbons (Fsp3) is 0. The summed E-state index contributed by atoms with van der Waals surface area (Å²) >= 11 is 7.43. The van der Waals surface area contributed by atoms with Crippen molar-refractivity contribution in [3.05, 3.63) is 63.7 Å². The maximum atomic E-state index is 13.6. The Hall–Kier alpha value is -2.97. The molecule has 0 aliphatic heterocycles. The van der Waals surface area contributed by atoms with Gasteiger partial charge in [-0.15, -0.1) is 11.3 Å². The molecule has 9 heteroatoms. The summed E-state index contributed by atoms with van der Waals surface area (Å²) in [5.74, 6) is -1.94. The van der Waals surface area contributed by atoms with Gasteiger partial charge in [-0.1, -0.05) is 29.8 Å². The molecule has 0 atom stereocenters. The zero-order chi connectivity index (χ0) is 18.7. The summed E-state index contributed by atoms with van der Waals surface area (Å²) in [6.07, 6.45) is 1.15. The molecule has 0 bridgehead atoms. The van der Waals surface area contributed by atoms with Crippen LogP contribution in [0, 0.1) is 5.82 Å². The average molecular weight is 391 g/mol. The number of nitrogens with one attached hydrogen (secondary N) is 1. The molecule has 1 heterocycles. The quantitative estimate of drug-likeness (QED) is 0.342. The summed E-state index contributed by atoms with van der Waals surface area (Å²) in [6.45, 7) is 0. The number of hydrazone groups is 1. The van der Waals surface area contributed by atoms with Crippen LogP contribution in [0.5, 0.6) is 0 Å². The first-order valence-corrected chi connectivity index (χ1v) is 8.54. The summed E-state index contributed by atoms with van der Waals surface area (Å²) < 4.78 is 13.6. The van der Waals surface area contributed by atoms with Crippen LogP contribution < -0.4 is 11.2 Å². The average Bonchev–Trinajstić information content (AvgIpc) is 3.07. The van der Waals surface area contributed by atoms with Gasteiger partial charge in [0.05, 0.1) is 23.2 Å². The molecule has 0 aliphatic rings. The van der Waals surface area contributed by atoms with Gasteiger partial charge in [0.2, 0.25) is 5.13 Å². The Morgan fingerprint density at radius 1 is 1.35 bits per heavy atom. The Labute approximate surface area is 156 Å². The molecule has 2 aromatic carbocycles. The van der Waals surface area contributed by atoms with Crippen LogP contribution in [0.25, 0.3) is 11.3 Å². The van der Waals surface area contributed by atoms with Crippen molar-refractivity contribution < 1.29 is 14.3 Å². The highest BCUT2D eigenvalue weighted by Gasteiger charge is 2.14. The number of hydrogen-bond donors (Lipinski definition) is 3. The number of halogens is 2. The Morgan fingerprint density at radius 2 is 2.12 bits per heavy atom. The molecular weight excluding hydrogens is 379 g/mol. The number of carbonyl (C=O) groups is 1. The third kappa shape index (κ3) is 3.66. The predicted molar refractivity (Wildman–Crippen MR) is 102 cm³/mol. The van der Waals surface area contributed by atoms with Crippen LogP contribution in [0.15, 0.2) is 46.9 Å². The SMILES string of the molecule is Nc1c(F)ccc(C(=O)O)c1/C=N/Nc1nc(-c2ccccc2Cl)cs1.